The molecule has 0 saturated carbocycles. The number of hydrazine groups is 1. The first kappa shape index (κ1) is 14.2. The molecular weight excluding hydrogens is 196 g/mol. The lowest BCUT2D eigenvalue weighted by molar-refractivity contribution is 0.177. The monoisotopic (exact) mass is 218 g/mol. The predicted octanol–water partition coefficient (Wildman–Crippen LogP) is -0.535. The second-order valence-electron chi connectivity index (χ2n) is 3.43. The van der Waals surface area contributed by atoms with Crippen LogP contribution in [0.3, 0.4) is 0 Å². The second kappa shape index (κ2) is 8.46. The van der Waals surface area contributed by atoms with Crippen LogP contribution >= 0.6 is 0 Å². The molecule has 6 nitrogen and oxygen atoms in total. The van der Waals surface area contributed by atoms with Crippen molar-refractivity contribution < 1.29 is 9.47 Å². The predicted molar refractivity (Wildman–Crippen MR) is 60.6 cm³/mol. The Hall–Kier alpha value is -0.850. The number of rotatable bonds is 6. The normalized spacial score (nSPS) is 15.9. The lowest BCUT2D eigenvalue weighted by Gasteiger charge is -2.17. The van der Waals surface area contributed by atoms with E-state index in [1.54, 1.807) is 14.2 Å². The lowest BCUT2D eigenvalue weighted by atomic mass is 10.3. The second-order valence-corrected chi connectivity index (χ2v) is 3.43. The van der Waals surface area contributed by atoms with Crippen LogP contribution in [0.2, 0.25) is 0 Å². The van der Waals surface area contributed by atoms with Gasteiger partial charge in [-0.1, -0.05) is 0 Å². The van der Waals surface area contributed by atoms with Crippen LogP contribution in [-0.2, 0) is 9.47 Å². The third-order valence-corrected chi connectivity index (χ3v) is 1.69. The topological polar surface area (TPSA) is 80.9 Å². The van der Waals surface area contributed by atoms with Crippen LogP contribution in [0.4, 0.5) is 0 Å². The molecule has 0 amide bonds. The minimum Gasteiger partial charge on any atom is -0.383 e. The van der Waals surface area contributed by atoms with Gasteiger partial charge in [-0.25, -0.2) is 10.8 Å². The van der Waals surface area contributed by atoms with Crippen molar-refractivity contribution in [2.75, 3.05) is 27.4 Å². The summed E-state index contributed by atoms with van der Waals surface area (Å²) in [6.45, 7) is 5.09. The summed E-state index contributed by atoms with van der Waals surface area (Å²) in [7, 11) is 3.29. The SMILES string of the molecule is COCC(C)N=C(NN)NC(C)COC. The zero-order valence-electron chi connectivity index (χ0n) is 9.91. The molecule has 0 aromatic carbocycles. The first-order valence-electron chi connectivity index (χ1n) is 4.92. The van der Waals surface area contributed by atoms with Crippen LogP contribution in [0.1, 0.15) is 13.8 Å². The maximum atomic E-state index is 5.34. The number of ether oxygens (including phenoxy) is 2. The van der Waals surface area contributed by atoms with Crippen LogP contribution in [0, 0.1) is 0 Å². The zero-order valence-corrected chi connectivity index (χ0v) is 9.91. The Balaban J connectivity index is 4.09. The number of nitrogens with zero attached hydrogens (tertiary/aromatic N) is 1. The van der Waals surface area contributed by atoms with Crippen LogP contribution in [-0.4, -0.2) is 45.5 Å². The molecule has 15 heavy (non-hydrogen) atoms. The van der Waals surface area contributed by atoms with Crippen molar-refractivity contribution in [3.63, 3.8) is 0 Å². The van der Waals surface area contributed by atoms with E-state index in [4.69, 9.17) is 15.3 Å². The van der Waals surface area contributed by atoms with Gasteiger partial charge in [-0.15, -0.1) is 0 Å². The van der Waals surface area contributed by atoms with Crippen LogP contribution < -0.4 is 16.6 Å². The van der Waals surface area contributed by atoms with E-state index in [9.17, 15) is 0 Å². The largest absolute Gasteiger partial charge is 0.383 e. The summed E-state index contributed by atoms with van der Waals surface area (Å²) < 4.78 is 9.96. The van der Waals surface area contributed by atoms with Crippen molar-refractivity contribution in [3.8, 4) is 0 Å². The van der Waals surface area contributed by atoms with E-state index in [-0.39, 0.29) is 12.1 Å². The van der Waals surface area contributed by atoms with Crippen molar-refractivity contribution in [3.05, 3.63) is 0 Å². The van der Waals surface area contributed by atoms with Gasteiger partial charge in [-0.05, 0) is 13.8 Å². The van der Waals surface area contributed by atoms with Gasteiger partial charge in [0.05, 0.1) is 19.3 Å². The van der Waals surface area contributed by atoms with Gasteiger partial charge in [0.2, 0.25) is 5.96 Å². The van der Waals surface area contributed by atoms with E-state index in [1.165, 1.54) is 0 Å². The quantitative estimate of drug-likeness (QED) is 0.241. The Bertz CT molecular complexity index is 187. The van der Waals surface area contributed by atoms with Gasteiger partial charge in [-0.2, -0.15) is 0 Å². The average molecular weight is 218 g/mol. The summed E-state index contributed by atoms with van der Waals surface area (Å²) in [5.41, 5.74) is 2.51. The summed E-state index contributed by atoms with van der Waals surface area (Å²) in [6, 6.07) is 0.211. The van der Waals surface area contributed by atoms with Crippen molar-refractivity contribution in [2.24, 2.45) is 10.8 Å². The molecule has 0 fully saturated rings. The van der Waals surface area contributed by atoms with E-state index >= 15 is 0 Å². The molecule has 2 atom stereocenters. The van der Waals surface area contributed by atoms with Crippen molar-refractivity contribution >= 4 is 5.96 Å². The number of hydrogen-bond donors (Lipinski definition) is 3. The van der Waals surface area contributed by atoms with Gasteiger partial charge >= 0.3 is 0 Å². The molecule has 0 heterocycles. The molecule has 4 N–H and O–H groups in total. The molecule has 0 aliphatic carbocycles. The lowest BCUT2D eigenvalue weighted by Crippen LogP contribution is -2.47. The summed E-state index contributed by atoms with van der Waals surface area (Å²) in [5.74, 6) is 5.88. The first-order valence-corrected chi connectivity index (χ1v) is 4.92. The van der Waals surface area contributed by atoms with Crippen molar-refractivity contribution in [2.45, 2.75) is 25.9 Å². The minimum absolute atomic E-state index is 0.0586. The van der Waals surface area contributed by atoms with E-state index < -0.39 is 0 Å². The van der Waals surface area contributed by atoms with Crippen LogP contribution in [0.25, 0.3) is 0 Å². The molecule has 0 saturated heterocycles. The van der Waals surface area contributed by atoms with Crippen LogP contribution in [0.5, 0.6) is 0 Å². The number of aliphatic imine (C=N–C) groups is 1. The van der Waals surface area contributed by atoms with E-state index in [0.717, 1.165) is 0 Å². The molecule has 90 valence electrons. The minimum atomic E-state index is 0.0586. The molecule has 0 rings (SSSR count). The Morgan fingerprint density at radius 3 is 2.33 bits per heavy atom. The summed E-state index contributed by atoms with van der Waals surface area (Å²) in [5, 5.41) is 3.09. The standard InChI is InChI=1S/C9H22N4O2/c1-7(5-14-3)11-9(13-10)12-8(2)6-15-4/h7-8H,5-6,10H2,1-4H3,(H2,11,12,13). The van der Waals surface area contributed by atoms with Gasteiger partial charge in [0.15, 0.2) is 0 Å². The first-order chi connectivity index (χ1) is 7.13. The number of guanidine groups is 1. The molecule has 0 spiro atoms. The van der Waals surface area contributed by atoms with E-state index in [1.807, 2.05) is 13.8 Å². The van der Waals surface area contributed by atoms with Crippen molar-refractivity contribution in [1.82, 2.24) is 10.7 Å². The van der Waals surface area contributed by atoms with Crippen molar-refractivity contribution in [1.29, 1.82) is 0 Å². The Kier molecular flexibility index (Phi) is 7.98. The molecule has 0 aromatic rings. The molecule has 0 aliphatic rings. The maximum absolute atomic E-state index is 5.34. The fraction of sp³-hybridized carbons (Fsp3) is 0.889. The fourth-order valence-electron chi connectivity index (χ4n) is 1.14. The Morgan fingerprint density at radius 1 is 1.27 bits per heavy atom. The fourth-order valence-corrected chi connectivity index (χ4v) is 1.14. The molecule has 0 aromatic heterocycles. The van der Waals surface area contributed by atoms with Gasteiger partial charge in [0.25, 0.3) is 0 Å². The molecular formula is C9H22N4O2. The molecule has 0 aliphatic heterocycles. The third kappa shape index (κ3) is 7.12. The summed E-state index contributed by atoms with van der Waals surface area (Å²) >= 11 is 0. The summed E-state index contributed by atoms with van der Waals surface area (Å²) in [4.78, 5) is 4.30. The number of hydrogen-bond acceptors (Lipinski definition) is 4. The van der Waals surface area contributed by atoms with Gasteiger partial charge in [0.1, 0.15) is 0 Å². The summed E-state index contributed by atoms with van der Waals surface area (Å²) in [6.07, 6.45) is 0. The van der Waals surface area contributed by atoms with E-state index in [0.29, 0.717) is 19.2 Å². The highest BCUT2D eigenvalue weighted by Crippen LogP contribution is 1.90. The number of nitrogens with one attached hydrogen (secondary N) is 2. The highest BCUT2D eigenvalue weighted by atomic mass is 16.5. The smallest absolute Gasteiger partial charge is 0.206 e. The highest BCUT2D eigenvalue weighted by molar-refractivity contribution is 5.79. The highest BCUT2D eigenvalue weighted by Gasteiger charge is 2.05. The van der Waals surface area contributed by atoms with Gasteiger partial charge in [-0.3, -0.25) is 5.43 Å². The Morgan fingerprint density at radius 2 is 1.87 bits per heavy atom. The number of methoxy groups -OCH3 is 2. The maximum Gasteiger partial charge on any atom is 0.206 e. The zero-order chi connectivity index (χ0) is 11.7. The van der Waals surface area contributed by atoms with E-state index in [2.05, 4.69) is 15.7 Å². The molecule has 0 radical (unpaired) electrons. The molecule has 0 bridgehead atoms. The van der Waals surface area contributed by atoms with Gasteiger partial charge in [0, 0.05) is 20.3 Å². The Labute approximate surface area is 91.2 Å². The average Bonchev–Trinajstić information content (AvgIpc) is 2.17. The van der Waals surface area contributed by atoms with Gasteiger partial charge < -0.3 is 14.8 Å². The van der Waals surface area contributed by atoms with Crippen LogP contribution in [0.15, 0.2) is 4.99 Å². The number of nitrogens with two attached hydrogens (primary N) is 1. The molecule has 2 unspecified atom stereocenters. The third-order valence-electron chi connectivity index (χ3n) is 1.69. The molecule has 6 heteroatoms.